The van der Waals surface area contributed by atoms with Gasteiger partial charge in [0.05, 0.1) is 31.1 Å². The molecular weight excluding hydrogens is 294 g/mol. The molecule has 0 aliphatic rings. The van der Waals surface area contributed by atoms with Gasteiger partial charge in [-0.3, -0.25) is 4.79 Å². The zero-order valence-electron chi connectivity index (χ0n) is 12.3. The summed E-state index contributed by atoms with van der Waals surface area (Å²) in [5.74, 6) is 1.95. The molecule has 21 heavy (non-hydrogen) atoms. The van der Waals surface area contributed by atoms with E-state index in [1.54, 1.807) is 30.9 Å². The summed E-state index contributed by atoms with van der Waals surface area (Å²) in [4.78, 5) is 16.3. The number of aromatic nitrogens is 2. The highest BCUT2D eigenvalue weighted by Crippen LogP contribution is 2.32. The van der Waals surface area contributed by atoms with Crippen LogP contribution >= 0.6 is 11.6 Å². The van der Waals surface area contributed by atoms with Crippen LogP contribution in [0.15, 0.2) is 12.1 Å². The first kappa shape index (κ1) is 15.4. The van der Waals surface area contributed by atoms with Gasteiger partial charge in [-0.05, 0) is 6.92 Å². The van der Waals surface area contributed by atoms with Gasteiger partial charge in [0.25, 0.3) is 0 Å². The molecule has 1 amide bonds. The maximum atomic E-state index is 11.8. The fourth-order valence-electron chi connectivity index (χ4n) is 2.18. The van der Waals surface area contributed by atoms with E-state index in [-0.39, 0.29) is 18.3 Å². The van der Waals surface area contributed by atoms with Crippen molar-refractivity contribution < 1.29 is 14.3 Å². The lowest BCUT2D eigenvalue weighted by molar-refractivity contribution is -0.121. The maximum Gasteiger partial charge on any atom is 0.239 e. The molecule has 0 radical (unpaired) electrons. The molecule has 6 nitrogen and oxygen atoms in total. The van der Waals surface area contributed by atoms with Crippen molar-refractivity contribution in [2.45, 2.75) is 19.3 Å². The first-order valence-corrected chi connectivity index (χ1v) is 7.11. The largest absolute Gasteiger partial charge is 0.493 e. The fourth-order valence-corrected chi connectivity index (χ4v) is 2.38. The summed E-state index contributed by atoms with van der Waals surface area (Å²) in [6.07, 6.45) is 0. The topological polar surface area (TPSA) is 65.4 Å². The number of likely N-dealkylation sites (N-methyl/N-ethyl adjacent to an activating group) is 1. The fraction of sp³-hybridized carbons (Fsp3) is 0.429. The summed E-state index contributed by atoms with van der Waals surface area (Å²) in [6.45, 7) is 2.63. The molecule has 2 rings (SSSR count). The van der Waals surface area contributed by atoms with Crippen LogP contribution in [0.3, 0.4) is 0 Å². The van der Waals surface area contributed by atoms with Crippen LogP contribution in [-0.2, 0) is 17.2 Å². The number of nitrogens with one attached hydrogen (secondary N) is 1. The zero-order chi connectivity index (χ0) is 15.4. The summed E-state index contributed by atoms with van der Waals surface area (Å²) in [5, 5.41) is 2.76. The summed E-state index contributed by atoms with van der Waals surface area (Å²) in [7, 11) is 3.13. The predicted octanol–water partition coefficient (Wildman–Crippen LogP) is 1.93. The Labute approximate surface area is 128 Å². The highest BCUT2D eigenvalue weighted by Gasteiger charge is 2.16. The van der Waals surface area contributed by atoms with Gasteiger partial charge in [0.2, 0.25) is 5.91 Å². The van der Waals surface area contributed by atoms with Crippen LogP contribution in [0, 0.1) is 0 Å². The lowest BCUT2D eigenvalue weighted by Gasteiger charge is -2.10. The number of hydrogen-bond donors (Lipinski definition) is 1. The molecule has 0 saturated carbocycles. The van der Waals surface area contributed by atoms with Crippen molar-refractivity contribution in [3.63, 3.8) is 0 Å². The van der Waals surface area contributed by atoms with E-state index in [4.69, 9.17) is 21.1 Å². The first-order valence-electron chi connectivity index (χ1n) is 6.58. The molecule has 0 aliphatic heterocycles. The number of nitrogens with zero attached hydrogens (tertiary/aromatic N) is 2. The molecule has 0 aliphatic carbocycles. The number of fused-ring (bicyclic) bond motifs is 1. The number of amides is 1. The smallest absolute Gasteiger partial charge is 0.239 e. The number of methoxy groups -OCH3 is 2. The lowest BCUT2D eigenvalue weighted by Crippen LogP contribution is -2.27. The molecular formula is C14H18ClN3O3. The molecule has 1 aromatic heterocycles. The van der Waals surface area contributed by atoms with Crippen molar-refractivity contribution in [3.05, 3.63) is 18.0 Å². The van der Waals surface area contributed by atoms with E-state index < -0.39 is 0 Å². The van der Waals surface area contributed by atoms with Gasteiger partial charge < -0.3 is 19.4 Å². The second-order valence-corrected chi connectivity index (χ2v) is 4.66. The van der Waals surface area contributed by atoms with Crippen LogP contribution in [-0.4, -0.2) is 36.2 Å². The van der Waals surface area contributed by atoms with E-state index in [1.165, 1.54) is 0 Å². The van der Waals surface area contributed by atoms with Gasteiger partial charge in [0.15, 0.2) is 11.5 Å². The minimum absolute atomic E-state index is 0.0852. The molecule has 0 fully saturated rings. The Morgan fingerprint density at radius 3 is 2.57 bits per heavy atom. The van der Waals surface area contributed by atoms with Crippen molar-refractivity contribution in [3.8, 4) is 11.5 Å². The van der Waals surface area contributed by atoms with Crippen molar-refractivity contribution >= 4 is 28.5 Å². The molecule has 1 aromatic carbocycles. The second kappa shape index (κ2) is 6.67. The molecule has 114 valence electrons. The second-order valence-electron chi connectivity index (χ2n) is 4.40. The van der Waals surface area contributed by atoms with Gasteiger partial charge in [-0.2, -0.15) is 0 Å². The Balaban J connectivity index is 2.53. The van der Waals surface area contributed by atoms with Crippen LogP contribution < -0.4 is 14.8 Å². The molecule has 1 heterocycles. The first-order chi connectivity index (χ1) is 10.1. The third kappa shape index (κ3) is 3.05. The Bertz CT molecular complexity index is 654. The van der Waals surface area contributed by atoms with E-state index in [2.05, 4.69) is 10.3 Å². The molecule has 0 atom stereocenters. The molecule has 0 spiro atoms. The van der Waals surface area contributed by atoms with Gasteiger partial charge in [0, 0.05) is 18.7 Å². The van der Waals surface area contributed by atoms with E-state index in [1.807, 2.05) is 6.92 Å². The number of hydrogen-bond acceptors (Lipinski definition) is 4. The van der Waals surface area contributed by atoms with Crippen LogP contribution in [0.2, 0.25) is 0 Å². The van der Waals surface area contributed by atoms with Gasteiger partial charge in [-0.25, -0.2) is 4.98 Å². The van der Waals surface area contributed by atoms with Crippen molar-refractivity contribution in [1.82, 2.24) is 14.9 Å². The van der Waals surface area contributed by atoms with E-state index in [9.17, 15) is 4.79 Å². The van der Waals surface area contributed by atoms with Crippen molar-refractivity contribution in [1.29, 1.82) is 0 Å². The number of ether oxygens (including phenoxy) is 2. The van der Waals surface area contributed by atoms with Crippen molar-refractivity contribution in [2.75, 3.05) is 20.8 Å². The van der Waals surface area contributed by atoms with Crippen molar-refractivity contribution in [2.24, 2.45) is 0 Å². The summed E-state index contributed by atoms with van der Waals surface area (Å²) >= 11 is 5.93. The van der Waals surface area contributed by atoms with Gasteiger partial charge >= 0.3 is 0 Å². The quantitative estimate of drug-likeness (QED) is 0.828. The third-order valence-electron chi connectivity index (χ3n) is 3.13. The van der Waals surface area contributed by atoms with Gasteiger partial charge in [-0.1, -0.05) is 0 Å². The van der Waals surface area contributed by atoms with Gasteiger partial charge in [-0.15, -0.1) is 11.6 Å². The Kier molecular flexibility index (Phi) is 4.90. The average molecular weight is 312 g/mol. The van der Waals surface area contributed by atoms with E-state index in [0.29, 0.717) is 29.4 Å². The van der Waals surface area contributed by atoms with Crippen LogP contribution in [0.5, 0.6) is 11.5 Å². The Hall–Kier alpha value is -1.95. The highest BCUT2D eigenvalue weighted by atomic mass is 35.5. The lowest BCUT2D eigenvalue weighted by atomic mass is 10.2. The average Bonchev–Trinajstić information content (AvgIpc) is 2.82. The SMILES string of the molecule is CCNC(=O)Cn1c(CCl)nc2cc(OC)c(OC)cc21. The molecule has 0 saturated heterocycles. The predicted molar refractivity (Wildman–Crippen MR) is 81.1 cm³/mol. The zero-order valence-corrected chi connectivity index (χ0v) is 13.0. The third-order valence-corrected chi connectivity index (χ3v) is 3.37. The van der Waals surface area contributed by atoms with Crippen LogP contribution in [0.1, 0.15) is 12.7 Å². The number of carbonyl (C=O) groups excluding carboxylic acids is 1. The summed E-state index contributed by atoms with van der Waals surface area (Å²) in [5.41, 5.74) is 1.50. The molecule has 1 N–H and O–H groups in total. The summed E-state index contributed by atoms with van der Waals surface area (Å²) < 4.78 is 12.3. The molecule has 0 unspecified atom stereocenters. The number of alkyl halides is 1. The van der Waals surface area contributed by atoms with E-state index in [0.717, 1.165) is 5.52 Å². The minimum Gasteiger partial charge on any atom is -0.493 e. The van der Waals surface area contributed by atoms with Crippen LogP contribution in [0.4, 0.5) is 0 Å². The standard InChI is InChI=1S/C14H18ClN3O3/c1-4-16-14(19)8-18-10-6-12(21-3)11(20-2)5-9(10)17-13(18)7-15/h5-6H,4,7-8H2,1-3H3,(H,16,19). The number of rotatable bonds is 6. The maximum absolute atomic E-state index is 11.8. The monoisotopic (exact) mass is 311 g/mol. The number of carbonyl (C=O) groups is 1. The Morgan fingerprint density at radius 2 is 2.00 bits per heavy atom. The van der Waals surface area contributed by atoms with E-state index >= 15 is 0 Å². The number of benzene rings is 1. The van der Waals surface area contributed by atoms with Crippen LogP contribution in [0.25, 0.3) is 11.0 Å². The summed E-state index contributed by atoms with van der Waals surface area (Å²) in [6, 6.07) is 3.58. The normalized spacial score (nSPS) is 10.7. The highest BCUT2D eigenvalue weighted by molar-refractivity contribution is 6.16. The Morgan fingerprint density at radius 1 is 1.33 bits per heavy atom. The number of imidazole rings is 1. The molecule has 0 bridgehead atoms. The molecule has 2 aromatic rings. The minimum atomic E-state index is -0.0852. The number of halogens is 1. The van der Waals surface area contributed by atoms with Gasteiger partial charge in [0.1, 0.15) is 12.4 Å². The molecule has 7 heteroatoms.